The van der Waals surface area contributed by atoms with Crippen LogP contribution in [0.1, 0.15) is 32.8 Å². The molecule has 0 unspecified atom stereocenters. The number of carbonyl (C=O) groups excluding carboxylic acids is 2. The molecule has 2 fully saturated rings. The maximum atomic E-state index is 12.7. The van der Waals surface area contributed by atoms with Gasteiger partial charge in [-0.15, -0.1) is 0 Å². The van der Waals surface area contributed by atoms with E-state index in [1.165, 1.54) is 5.56 Å². The first-order valence-electron chi connectivity index (χ1n) is 9.58. The van der Waals surface area contributed by atoms with Crippen molar-refractivity contribution in [3.05, 3.63) is 18.0 Å². The fraction of sp³-hybridized carbons (Fsp3) is 0.737. The molecule has 0 aromatic carbocycles. The van der Waals surface area contributed by atoms with E-state index < -0.39 is 0 Å². The zero-order chi connectivity index (χ0) is 18.9. The van der Waals surface area contributed by atoms with Crippen LogP contribution in [0.3, 0.4) is 0 Å². The minimum atomic E-state index is -0.170. The summed E-state index contributed by atoms with van der Waals surface area (Å²) in [5.41, 5.74) is 0.999. The predicted molar refractivity (Wildman–Crippen MR) is 99.2 cm³/mol. The average molecular weight is 361 g/mol. The highest BCUT2D eigenvalue weighted by Crippen LogP contribution is 2.35. The van der Waals surface area contributed by atoms with Crippen molar-refractivity contribution in [1.29, 1.82) is 0 Å². The van der Waals surface area contributed by atoms with Crippen molar-refractivity contribution in [2.24, 2.45) is 18.4 Å². The van der Waals surface area contributed by atoms with E-state index in [2.05, 4.69) is 10.00 Å². The molecule has 144 valence electrons. The first-order chi connectivity index (χ1) is 12.3. The molecule has 2 amide bonds. The van der Waals surface area contributed by atoms with Gasteiger partial charge in [0.05, 0.1) is 6.20 Å². The standard InChI is InChI=1S/C19H31N5O2/c1-5-23-13-19(8-17(23)25)12-22(11-16-9-20-21(4)10-16)6-7-24(14-19)18(26)15(2)3/h9-10,15H,5-8,11-14H2,1-4H3/t19-/m1/s1. The third kappa shape index (κ3) is 3.92. The number of hydrogen-bond donors (Lipinski definition) is 0. The molecular formula is C19H31N5O2. The second-order valence-corrected chi connectivity index (χ2v) is 8.23. The Hall–Kier alpha value is -1.89. The lowest BCUT2D eigenvalue weighted by Gasteiger charge is -2.34. The zero-order valence-corrected chi connectivity index (χ0v) is 16.4. The highest BCUT2D eigenvalue weighted by atomic mass is 16.2. The Morgan fingerprint density at radius 3 is 2.62 bits per heavy atom. The van der Waals surface area contributed by atoms with Gasteiger partial charge in [0.15, 0.2) is 0 Å². The Balaban J connectivity index is 1.82. The van der Waals surface area contributed by atoms with Gasteiger partial charge in [-0.05, 0) is 6.92 Å². The molecular weight excluding hydrogens is 330 g/mol. The van der Waals surface area contributed by atoms with Crippen LogP contribution in [0.25, 0.3) is 0 Å². The van der Waals surface area contributed by atoms with Crippen molar-refractivity contribution in [1.82, 2.24) is 24.5 Å². The topological polar surface area (TPSA) is 61.7 Å². The summed E-state index contributed by atoms with van der Waals surface area (Å²) in [7, 11) is 1.92. The summed E-state index contributed by atoms with van der Waals surface area (Å²) in [4.78, 5) is 31.5. The minimum Gasteiger partial charge on any atom is -0.342 e. The Kier molecular flexibility index (Phi) is 5.37. The number of nitrogens with zero attached hydrogens (tertiary/aromatic N) is 5. The van der Waals surface area contributed by atoms with E-state index in [-0.39, 0.29) is 23.1 Å². The van der Waals surface area contributed by atoms with Crippen LogP contribution in [-0.2, 0) is 23.2 Å². The van der Waals surface area contributed by atoms with Gasteiger partial charge >= 0.3 is 0 Å². The van der Waals surface area contributed by atoms with Gasteiger partial charge in [0.25, 0.3) is 0 Å². The molecule has 26 heavy (non-hydrogen) atoms. The maximum Gasteiger partial charge on any atom is 0.225 e. The van der Waals surface area contributed by atoms with Gasteiger partial charge in [-0.1, -0.05) is 13.8 Å². The van der Waals surface area contributed by atoms with Crippen molar-refractivity contribution in [3.63, 3.8) is 0 Å². The molecule has 1 atom stereocenters. The number of aryl methyl sites for hydroxylation is 1. The van der Waals surface area contributed by atoms with Crippen LogP contribution >= 0.6 is 0 Å². The smallest absolute Gasteiger partial charge is 0.225 e. The predicted octanol–water partition coefficient (Wildman–Crippen LogP) is 0.959. The van der Waals surface area contributed by atoms with Gasteiger partial charge < -0.3 is 9.80 Å². The Morgan fingerprint density at radius 2 is 2.04 bits per heavy atom. The molecule has 0 radical (unpaired) electrons. The Bertz CT molecular complexity index is 671. The van der Waals surface area contributed by atoms with Crippen LogP contribution in [0.4, 0.5) is 0 Å². The lowest BCUT2D eigenvalue weighted by atomic mass is 9.85. The van der Waals surface area contributed by atoms with E-state index in [1.54, 1.807) is 0 Å². The number of amides is 2. The van der Waals surface area contributed by atoms with Gasteiger partial charge in [-0.3, -0.25) is 19.2 Å². The molecule has 2 aliphatic rings. The fourth-order valence-electron chi connectivity index (χ4n) is 4.33. The highest BCUT2D eigenvalue weighted by molar-refractivity contribution is 5.81. The Labute approximate surface area is 155 Å². The van der Waals surface area contributed by atoms with Crippen LogP contribution in [0.15, 0.2) is 12.4 Å². The summed E-state index contributed by atoms with van der Waals surface area (Å²) >= 11 is 0. The van der Waals surface area contributed by atoms with Crippen LogP contribution in [0.5, 0.6) is 0 Å². The summed E-state index contributed by atoms with van der Waals surface area (Å²) < 4.78 is 1.81. The van der Waals surface area contributed by atoms with Gasteiger partial charge in [0, 0.05) is 82.4 Å². The number of aromatic nitrogens is 2. The molecule has 3 heterocycles. The van der Waals surface area contributed by atoms with Crippen molar-refractivity contribution in [2.75, 3.05) is 39.3 Å². The molecule has 0 aliphatic carbocycles. The minimum absolute atomic E-state index is 0.0173. The van der Waals surface area contributed by atoms with Crippen molar-refractivity contribution < 1.29 is 9.59 Å². The van der Waals surface area contributed by atoms with E-state index in [0.717, 1.165) is 39.3 Å². The molecule has 1 aromatic heterocycles. The first-order valence-corrected chi connectivity index (χ1v) is 9.58. The second kappa shape index (κ2) is 7.39. The third-order valence-electron chi connectivity index (χ3n) is 5.53. The van der Waals surface area contributed by atoms with E-state index in [4.69, 9.17) is 0 Å². The van der Waals surface area contributed by atoms with Crippen molar-refractivity contribution in [2.45, 2.75) is 33.7 Å². The van der Waals surface area contributed by atoms with Crippen LogP contribution in [-0.4, -0.2) is 75.6 Å². The van der Waals surface area contributed by atoms with Crippen LogP contribution < -0.4 is 0 Å². The molecule has 0 bridgehead atoms. The fourth-order valence-corrected chi connectivity index (χ4v) is 4.33. The molecule has 2 saturated heterocycles. The van der Waals surface area contributed by atoms with E-state index >= 15 is 0 Å². The molecule has 1 aromatic rings. The van der Waals surface area contributed by atoms with Gasteiger partial charge in [-0.2, -0.15) is 5.10 Å². The van der Waals surface area contributed by atoms with Crippen LogP contribution in [0.2, 0.25) is 0 Å². The summed E-state index contributed by atoms with van der Waals surface area (Å²) in [5.74, 6) is 0.388. The average Bonchev–Trinajstić information content (AvgIpc) is 3.07. The van der Waals surface area contributed by atoms with Crippen LogP contribution in [0, 0.1) is 11.3 Å². The molecule has 2 aliphatic heterocycles. The monoisotopic (exact) mass is 361 g/mol. The summed E-state index contributed by atoms with van der Waals surface area (Å²) in [6.07, 6.45) is 4.46. The highest BCUT2D eigenvalue weighted by Gasteiger charge is 2.46. The van der Waals surface area contributed by atoms with E-state index in [9.17, 15) is 9.59 Å². The van der Waals surface area contributed by atoms with E-state index in [1.807, 2.05) is 54.7 Å². The molecule has 1 spiro atoms. The third-order valence-corrected chi connectivity index (χ3v) is 5.53. The Morgan fingerprint density at radius 1 is 1.27 bits per heavy atom. The lowest BCUT2D eigenvalue weighted by molar-refractivity contribution is -0.135. The zero-order valence-electron chi connectivity index (χ0n) is 16.4. The summed E-state index contributed by atoms with van der Waals surface area (Å²) in [6.45, 7) is 11.3. The summed E-state index contributed by atoms with van der Waals surface area (Å²) in [6, 6.07) is 0. The SMILES string of the molecule is CCN1C[C@@]2(CC1=O)CN(Cc1cnn(C)c1)CCN(C(=O)C(C)C)C2. The van der Waals surface area contributed by atoms with Crippen molar-refractivity contribution in [3.8, 4) is 0 Å². The largest absolute Gasteiger partial charge is 0.342 e. The normalized spacial score (nSPS) is 24.7. The molecule has 7 heteroatoms. The maximum absolute atomic E-state index is 12.7. The molecule has 0 saturated carbocycles. The first kappa shape index (κ1) is 18.9. The molecule has 0 N–H and O–H groups in total. The molecule has 7 nitrogen and oxygen atoms in total. The number of hydrogen-bond acceptors (Lipinski definition) is 4. The lowest BCUT2D eigenvalue weighted by Crippen LogP contribution is -2.45. The van der Waals surface area contributed by atoms with Gasteiger partial charge in [0.1, 0.15) is 0 Å². The van der Waals surface area contributed by atoms with Crippen molar-refractivity contribution >= 4 is 11.8 Å². The second-order valence-electron chi connectivity index (χ2n) is 8.23. The van der Waals surface area contributed by atoms with Gasteiger partial charge in [-0.25, -0.2) is 0 Å². The number of likely N-dealkylation sites (tertiary alicyclic amines) is 1. The van der Waals surface area contributed by atoms with E-state index in [0.29, 0.717) is 13.0 Å². The number of rotatable bonds is 4. The van der Waals surface area contributed by atoms with Gasteiger partial charge in [0.2, 0.25) is 11.8 Å². The summed E-state index contributed by atoms with van der Waals surface area (Å²) in [5, 5.41) is 4.26. The number of carbonyl (C=O) groups is 2. The molecule has 3 rings (SSSR count). The quantitative estimate of drug-likeness (QED) is 0.801.